The molecule has 0 fully saturated rings. The van der Waals surface area contributed by atoms with Crippen LogP contribution in [0.25, 0.3) is 0 Å². The lowest BCUT2D eigenvalue weighted by atomic mass is 10.2. The van der Waals surface area contributed by atoms with E-state index in [2.05, 4.69) is 39.2 Å². The van der Waals surface area contributed by atoms with Crippen molar-refractivity contribution in [1.82, 2.24) is 15.0 Å². The molecule has 4 N–H and O–H groups in total. The molecule has 0 saturated heterocycles. The van der Waals surface area contributed by atoms with Gasteiger partial charge in [-0.1, -0.05) is 60.7 Å². The van der Waals surface area contributed by atoms with Gasteiger partial charge in [-0.15, -0.1) is 0 Å². The molecule has 2 aromatic carbocycles. The lowest BCUT2D eigenvalue weighted by Gasteiger charge is -2.23. The predicted molar refractivity (Wildman–Crippen MR) is 91.4 cm³/mol. The van der Waals surface area contributed by atoms with Gasteiger partial charge in [-0.05, 0) is 11.1 Å². The van der Waals surface area contributed by atoms with E-state index >= 15 is 0 Å². The van der Waals surface area contributed by atoms with Gasteiger partial charge in [0.25, 0.3) is 0 Å². The molecule has 3 aromatic rings. The molecule has 1 aromatic heterocycles. The van der Waals surface area contributed by atoms with Crippen LogP contribution in [0.3, 0.4) is 0 Å². The molecule has 0 saturated carbocycles. The van der Waals surface area contributed by atoms with Crippen LogP contribution in [0.4, 0.5) is 17.8 Å². The van der Waals surface area contributed by atoms with Crippen molar-refractivity contribution in [3.05, 3.63) is 71.8 Å². The second kappa shape index (κ2) is 6.74. The molecule has 0 aliphatic heterocycles. The third-order valence-electron chi connectivity index (χ3n) is 3.37. The average molecular weight is 306 g/mol. The van der Waals surface area contributed by atoms with Gasteiger partial charge < -0.3 is 16.4 Å². The van der Waals surface area contributed by atoms with Gasteiger partial charge in [-0.25, -0.2) is 0 Å². The molecule has 0 aliphatic rings. The van der Waals surface area contributed by atoms with Crippen molar-refractivity contribution in [3.63, 3.8) is 0 Å². The van der Waals surface area contributed by atoms with Gasteiger partial charge in [-0.2, -0.15) is 15.0 Å². The molecule has 23 heavy (non-hydrogen) atoms. The number of nitrogen functional groups attached to an aromatic ring is 2. The highest BCUT2D eigenvalue weighted by atomic mass is 15.3. The minimum Gasteiger partial charge on any atom is -0.368 e. The molecule has 0 bridgehead atoms. The van der Waals surface area contributed by atoms with Crippen molar-refractivity contribution >= 4 is 17.8 Å². The molecular weight excluding hydrogens is 288 g/mol. The Balaban J connectivity index is 1.92. The molecule has 3 rings (SSSR count). The summed E-state index contributed by atoms with van der Waals surface area (Å²) in [6.07, 6.45) is 0. The van der Waals surface area contributed by atoms with E-state index in [9.17, 15) is 0 Å². The largest absolute Gasteiger partial charge is 0.368 e. The van der Waals surface area contributed by atoms with Gasteiger partial charge in [-0.3, -0.25) is 0 Å². The number of benzene rings is 2. The molecular formula is C17H18N6. The Morgan fingerprint density at radius 1 is 0.652 bits per heavy atom. The summed E-state index contributed by atoms with van der Waals surface area (Å²) in [7, 11) is 0. The van der Waals surface area contributed by atoms with E-state index < -0.39 is 0 Å². The van der Waals surface area contributed by atoms with Gasteiger partial charge in [0.2, 0.25) is 17.8 Å². The predicted octanol–water partition coefficient (Wildman–Crippen LogP) is 2.24. The van der Waals surface area contributed by atoms with Crippen molar-refractivity contribution in [2.24, 2.45) is 0 Å². The van der Waals surface area contributed by atoms with Crippen LogP contribution < -0.4 is 16.4 Å². The fourth-order valence-corrected chi connectivity index (χ4v) is 2.34. The topological polar surface area (TPSA) is 93.9 Å². The van der Waals surface area contributed by atoms with Gasteiger partial charge in [0.1, 0.15) is 0 Å². The van der Waals surface area contributed by atoms with E-state index in [0.29, 0.717) is 19.0 Å². The maximum atomic E-state index is 5.72. The monoisotopic (exact) mass is 306 g/mol. The lowest BCUT2D eigenvalue weighted by Crippen LogP contribution is -2.25. The van der Waals surface area contributed by atoms with E-state index in [1.54, 1.807) is 0 Å². The van der Waals surface area contributed by atoms with Crippen LogP contribution in [0.2, 0.25) is 0 Å². The van der Waals surface area contributed by atoms with Crippen molar-refractivity contribution < 1.29 is 0 Å². The maximum Gasteiger partial charge on any atom is 0.232 e. The van der Waals surface area contributed by atoms with Crippen molar-refractivity contribution in [2.75, 3.05) is 16.4 Å². The Kier molecular flexibility index (Phi) is 4.33. The SMILES string of the molecule is Nc1nc(N)nc(N(Cc2ccccc2)Cc2ccccc2)n1. The van der Waals surface area contributed by atoms with Crippen LogP contribution in [0.15, 0.2) is 60.7 Å². The van der Waals surface area contributed by atoms with Crippen molar-refractivity contribution in [3.8, 4) is 0 Å². The number of aromatic nitrogens is 3. The van der Waals surface area contributed by atoms with E-state index in [1.807, 2.05) is 41.3 Å². The van der Waals surface area contributed by atoms with Crippen LogP contribution in [0.1, 0.15) is 11.1 Å². The Morgan fingerprint density at radius 2 is 1.09 bits per heavy atom. The Labute approximate surface area is 134 Å². The quantitative estimate of drug-likeness (QED) is 0.751. The Hall–Kier alpha value is -3.15. The Morgan fingerprint density at radius 3 is 1.52 bits per heavy atom. The highest BCUT2D eigenvalue weighted by molar-refractivity contribution is 5.41. The molecule has 0 spiro atoms. The zero-order valence-electron chi connectivity index (χ0n) is 12.6. The summed E-state index contributed by atoms with van der Waals surface area (Å²) in [5.74, 6) is 0.722. The molecule has 0 radical (unpaired) electrons. The second-order valence-corrected chi connectivity index (χ2v) is 5.18. The van der Waals surface area contributed by atoms with Crippen LogP contribution in [0.5, 0.6) is 0 Å². The second-order valence-electron chi connectivity index (χ2n) is 5.18. The van der Waals surface area contributed by atoms with Gasteiger partial charge in [0.15, 0.2) is 0 Å². The molecule has 1 heterocycles. The first-order chi connectivity index (χ1) is 11.2. The summed E-state index contributed by atoms with van der Waals surface area (Å²) >= 11 is 0. The molecule has 116 valence electrons. The molecule has 0 amide bonds. The molecule has 0 atom stereocenters. The van der Waals surface area contributed by atoms with E-state index in [-0.39, 0.29) is 11.9 Å². The smallest absolute Gasteiger partial charge is 0.232 e. The standard InChI is InChI=1S/C17H18N6/c18-15-20-16(19)22-17(21-15)23(11-13-7-3-1-4-8-13)12-14-9-5-2-6-10-14/h1-10H,11-12H2,(H4,18,19,20,21,22). The fraction of sp³-hybridized carbons (Fsp3) is 0.118. The maximum absolute atomic E-state index is 5.72. The number of rotatable bonds is 5. The molecule has 0 unspecified atom stereocenters. The number of hydrogen-bond donors (Lipinski definition) is 2. The average Bonchev–Trinajstić information content (AvgIpc) is 2.55. The van der Waals surface area contributed by atoms with Crippen LogP contribution >= 0.6 is 0 Å². The summed E-state index contributed by atoms with van der Waals surface area (Å²) in [4.78, 5) is 14.3. The lowest BCUT2D eigenvalue weighted by molar-refractivity contribution is 0.761. The van der Waals surface area contributed by atoms with E-state index in [1.165, 1.54) is 0 Å². The normalized spacial score (nSPS) is 10.4. The molecule has 6 heteroatoms. The number of anilines is 3. The Bertz CT molecular complexity index is 699. The van der Waals surface area contributed by atoms with Crippen LogP contribution in [-0.2, 0) is 13.1 Å². The highest BCUT2D eigenvalue weighted by Gasteiger charge is 2.13. The first-order valence-electron chi connectivity index (χ1n) is 7.30. The van der Waals surface area contributed by atoms with Gasteiger partial charge in [0, 0.05) is 13.1 Å². The van der Waals surface area contributed by atoms with E-state index in [4.69, 9.17) is 11.5 Å². The third kappa shape index (κ3) is 3.94. The van der Waals surface area contributed by atoms with Crippen molar-refractivity contribution in [1.29, 1.82) is 0 Å². The highest BCUT2D eigenvalue weighted by Crippen LogP contribution is 2.17. The minimum absolute atomic E-state index is 0.124. The number of nitrogens with two attached hydrogens (primary N) is 2. The number of nitrogens with zero attached hydrogens (tertiary/aromatic N) is 4. The zero-order chi connectivity index (χ0) is 16.1. The summed E-state index contributed by atoms with van der Waals surface area (Å²) in [5.41, 5.74) is 13.7. The first-order valence-corrected chi connectivity index (χ1v) is 7.30. The molecule has 6 nitrogen and oxygen atoms in total. The summed E-state index contributed by atoms with van der Waals surface area (Å²) < 4.78 is 0. The van der Waals surface area contributed by atoms with Crippen LogP contribution in [-0.4, -0.2) is 15.0 Å². The van der Waals surface area contributed by atoms with Crippen LogP contribution in [0, 0.1) is 0 Å². The van der Waals surface area contributed by atoms with Gasteiger partial charge >= 0.3 is 0 Å². The van der Waals surface area contributed by atoms with Crippen molar-refractivity contribution in [2.45, 2.75) is 13.1 Å². The number of hydrogen-bond acceptors (Lipinski definition) is 6. The van der Waals surface area contributed by atoms with E-state index in [0.717, 1.165) is 11.1 Å². The summed E-state index contributed by atoms with van der Waals surface area (Å²) in [5, 5.41) is 0. The molecule has 0 aliphatic carbocycles. The first kappa shape index (κ1) is 14.8. The summed E-state index contributed by atoms with van der Waals surface area (Å²) in [6, 6.07) is 20.3. The minimum atomic E-state index is 0.124. The third-order valence-corrected chi connectivity index (χ3v) is 3.37. The summed E-state index contributed by atoms with van der Waals surface area (Å²) in [6.45, 7) is 1.30. The van der Waals surface area contributed by atoms with Gasteiger partial charge in [0.05, 0.1) is 0 Å². The zero-order valence-corrected chi connectivity index (χ0v) is 12.6. The fourth-order valence-electron chi connectivity index (χ4n) is 2.34.